The average Bonchev–Trinajstić information content (AvgIpc) is 3.37. The lowest BCUT2D eigenvalue weighted by molar-refractivity contribution is 0.0301. The zero-order chi connectivity index (χ0) is 21.3. The van der Waals surface area contributed by atoms with E-state index in [1.807, 2.05) is 29.7 Å². The van der Waals surface area contributed by atoms with E-state index in [0.717, 1.165) is 48.6 Å². The summed E-state index contributed by atoms with van der Waals surface area (Å²) in [6, 6.07) is 1.99. The first-order valence-electron chi connectivity index (χ1n) is 10.9. The molecule has 0 spiro atoms. The summed E-state index contributed by atoms with van der Waals surface area (Å²) in [6.07, 6.45) is 3.47. The molecule has 2 aliphatic rings. The number of aromatic amines is 1. The molecule has 1 atom stereocenters. The minimum atomic E-state index is -0.00279. The number of hydrogen-bond acceptors (Lipinski definition) is 4. The van der Waals surface area contributed by atoms with Crippen LogP contribution in [0.1, 0.15) is 63.5 Å². The summed E-state index contributed by atoms with van der Waals surface area (Å²) in [7, 11) is 0. The number of aromatic nitrogens is 3. The molecule has 4 heterocycles. The predicted octanol–water partition coefficient (Wildman–Crippen LogP) is 2.34. The Morgan fingerprint density at radius 2 is 1.87 bits per heavy atom. The van der Waals surface area contributed by atoms with Gasteiger partial charge in [0.15, 0.2) is 0 Å². The van der Waals surface area contributed by atoms with Crippen LogP contribution in [-0.4, -0.2) is 75.8 Å². The molecule has 162 valence electrons. The molecule has 8 heteroatoms. The maximum Gasteiger partial charge on any atom is 0.257 e. The molecule has 8 nitrogen and oxygen atoms in total. The van der Waals surface area contributed by atoms with E-state index in [-0.39, 0.29) is 17.7 Å². The van der Waals surface area contributed by atoms with Gasteiger partial charge in [-0.05, 0) is 39.7 Å². The van der Waals surface area contributed by atoms with Gasteiger partial charge in [0.25, 0.3) is 11.8 Å². The van der Waals surface area contributed by atoms with E-state index in [4.69, 9.17) is 4.74 Å². The molecule has 2 aromatic heterocycles. The van der Waals surface area contributed by atoms with Crippen molar-refractivity contribution >= 4 is 11.8 Å². The number of aryl methyl sites for hydroxylation is 1. The van der Waals surface area contributed by atoms with Crippen LogP contribution in [0, 0.1) is 13.8 Å². The van der Waals surface area contributed by atoms with Crippen LogP contribution in [0.3, 0.4) is 0 Å². The Hall–Kier alpha value is -2.61. The van der Waals surface area contributed by atoms with E-state index in [0.29, 0.717) is 38.4 Å². The summed E-state index contributed by atoms with van der Waals surface area (Å²) in [6.45, 7) is 10.7. The van der Waals surface area contributed by atoms with Gasteiger partial charge >= 0.3 is 0 Å². The Morgan fingerprint density at radius 1 is 1.13 bits per heavy atom. The predicted molar refractivity (Wildman–Crippen MR) is 113 cm³/mol. The van der Waals surface area contributed by atoms with E-state index in [9.17, 15) is 9.59 Å². The zero-order valence-corrected chi connectivity index (χ0v) is 18.1. The summed E-state index contributed by atoms with van der Waals surface area (Å²) in [5.74, 6) is 0.157. The van der Waals surface area contributed by atoms with Crippen molar-refractivity contribution in [1.29, 1.82) is 0 Å². The largest absolute Gasteiger partial charge is 0.378 e. The molecule has 30 heavy (non-hydrogen) atoms. The molecule has 2 saturated heterocycles. The van der Waals surface area contributed by atoms with Gasteiger partial charge in [0.05, 0.1) is 36.2 Å². The molecule has 0 bridgehead atoms. The second-order valence-corrected chi connectivity index (χ2v) is 8.22. The molecule has 0 saturated carbocycles. The van der Waals surface area contributed by atoms with E-state index in [2.05, 4.69) is 21.7 Å². The average molecular weight is 414 g/mol. The van der Waals surface area contributed by atoms with Crippen molar-refractivity contribution in [1.82, 2.24) is 24.6 Å². The van der Waals surface area contributed by atoms with Crippen LogP contribution in [-0.2, 0) is 11.3 Å². The van der Waals surface area contributed by atoms with Crippen molar-refractivity contribution in [3.05, 3.63) is 40.5 Å². The summed E-state index contributed by atoms with van der Waals surface area (Å²) in [5, 5.41) is 7.23. The van der Waals surface area contributed by atoms with Crippen molar-refractivity contribution < 1.29 is 14.3 Å². The molecule has 0 aromatic carbocycles. The number of likely N-dealkylation sites (tertiary alicyclic amines) is 1. The molecule has 2 aliphatic heterocycles. The topological polar surface area (TPSA) is 83.5 Å². The quantitative estimate of drug-likeness (QED) is 0.834. The van der Waals surface area contributed by atoms with Crippen LogP contribution in [0.15, 0.2) is 12.3 Å². The number of morpholine rings is 1. The number of rotatable bonds is 4. The first-order chi connectivity index (χ1) is 14.5. The lowest BCUT2D eigenvalue weighted by Gasteiger charge is -2.33. The standard InChI is InChI=1S/C22H31N5O3/c1-4-27-15(2)12-18(16(27)3)21(28)26-7-5-6-17(14-26)20-19(13-23-24-20)22(29)25-8-10-30-11-9-25/h12-13,17H,4-11,14H2,1-3H3,(H,23,24). The van der Waals surface area contributed by atoms with E-state index in [1.54, 1.807) is 6.20 Å². The highest BCUT2D eigenvalue weighted by Crippen LogP contribution is 2.30. The molecule has 1 N–H and O–H groups in total. The smallest absolute Gasteiger partial charge is 0.257 e. The third-order valence-electron chi connectivity index (χ3n) is 6.43. The van der Waals surface area contributed by atoms with Crippen molar-refractivity contribution in [3.63, 3.8) is 0 Å². The number of nitrogens with zero attached hydrogens (tertiary/aromatic N) is 4. The highest BCUT2D eigenvalue weighted by atomic mass is 16.5. The molecule has 4 rings (SSSR count). The van der Waals surface area contributed by atoms with Gasteiger partial charge in [-0.3, -0.25) is 14.7 Å². The maximum absolute atomic E-state index is 13.3. The SMILES string of the molecule is CCn1c(C)cc(C(=O)N2CCCC(c3[nH]ncc3C(=O)N3CCOCC3)C2)c1C. The van der Waals surface area contributed by atoms with Gasteiger partial charge in [0, 0.05) is 50.0 Å². The third kappa shape index (κ3) is 3.76. The number of piperidine rings is 1. The molecule has 0 radical (unpaired) electrons. The Kier molecular flexibility index (Phi) is 5.94. The van der Waals surface area contributed by atoms with E-state index in [1.165, 1.54) is 0 Å². The number of carbonyl (C=O) groups excluding carboxylic acids is 2. The fourth-order valence-electron chi connectivity index (χ4n) is 4.79. The van der Waals surface area contributed by atoms with Gasteiger partial charge < -0.3 is 19.1 Å². The summed E-state index contributed by atoms with van der Waals surface area (Å²) in [4.78, 5) is 30.0. The van der Waals surface area contributed by atoms with Crippen LogP contribution in [0.25, 0.3) is 0 Å². The highest BCUT2D eigenvalue weighted by molar-refractivity contribution is 5.96. The minimum Gasteiger partial charge on any atom is -0.378 e. The molecule has 2 fully saturated rings. The Labute approximate surface area is 177 Å². The number of H-pyrrole nitrogens is 1. The Morgan fingerprint density at radius 3 is 2.57 bits per heavy atom. The number of nitrogens with one attached hydrogen (secondary N) is 1. The van der Waals surface area contributed by atoms with Crippen LogP contribution >= 0.6 is 0 Å². The highest BCUT2D eigenvalue weighted by Gasteiger charge is 2.32. The zero-order valence-electron chi connectivity index (χ0n) is 18.1. The summed E-state index contributed by atoms with van der Waals surface area (Å²) < 4.78 is 7.53. The summed E-state index contributed by atoms with van der Waals surface area (Å²) in [5.41, 5.74) is 4.39. The summed E-state index contributed by atoms with van der Waals surface area (Å²) >= 11 is 0. The third-order valence-corrected chi connectivity index (χ3v) is 6.43. The van der Waals surface area contributed by atoms with Crippen molar-refractivity contribution in [2.45, 2.75) is 46.1 Å². The van der Waals surface area contributed by atoms with Gasteiger partial charge in [0.1, 0.15) is 0 Å². The molecule has 0 aliphatic carbocycles. The fraction of sp³-hybridized carbons (Fsp3) is 0.591. The maximum atomic E-state index is 13.3. The van der Waals surface area contributed by atoms with Crippen molar-refractivity contribution in [2.24, 2.45) is 0 Å². The number of hydrogen-bond donors (Lipinski definition) is 1. The first kappa shape index (κ1) is 20.7. The van der Waals surface area contributed by atoms with Gasteiger partial charge in [-0.15, -0.1) is 0 Å². The van der Waals surface area contributed by atoms with Gasteiger partial charge in [-0.25, -0.2) is 0 Å². The van der Waals surface area contributed by atoms with Crippen LogP contribution < -0.4 is 0 Å². The number of carbonyl (C=O) groups is 2. The van der Waals surface area contributed by atoms with Crippen LogP contribution in [0.4, 0.5) is 0 Å². The molecule has 2 amide bonds. The second kappa shape index (κ2) is 8.63. The van der Waals surface area contributed by atoms with E-state index >= 15 is 0 Å². The van der Waals surface area contributed by atoms with Gasteiger partial charge in [-0.2, -0.15) is 5.10 Å². The first-order valence-corrected chi connectivity index (χ1v) is 10.9. The van der Waals surface area contributed by atoms with Crippen molar-refractivity contribution in [2.75, 3.05) is 39.4 Å². The second-order valence-electron chi connectivity index (χ2n) is 8.22. The molecule has 2 aromatic rings. The van der Waals surface area contributed by atoms with Gasteiger partial charge in [0.2, 0.25) is 0 Å². The van der Waals surface area contributed by atoms with Gasteiger partial charge in [-0.1, -0.05) is 0 Å². The van der Waals surface area contributed by atoms with Crippen LogP contribution in [0.2, 0.25) is 0 Å². The fourth-order valence-corrected chi connectivity index (χ4v) is 4.79. The Balaban J connectivity index is 1.52. The molecule has 1 unspecified atom stereocenters. The van der Waals surface area contributed by atoms with E-state index < -0.39 is 0 Å². The number of amides is 2. The minimum absolute atomic E-state index is 0.00279. The molecular weight excluding hydrogens is 382 g/mol. The number of ether oxygens (including phenoxy) is 1. The van der Waals surface area contributed by atoms with Crippen LogP contribution in [0.5, 0.6) is 0 Å². The molecular formula is C22H31N5O3. The lowest BCUT2D eigenvalue weighted by atomic mass is 9.91. The monoisotopic (exact) mass is 413 g/mol. The normalized spacial score (nSPS) is 19.9. The Bertz CT molecular complexity index is 925. The lowest BCUT2D eigenvalue weighted by Crippen LogP contribution is -2.42. The van der Waals surface area contributed by atoms with Crippen molar-refractivity contribution in [3.8, 4) is 0 Å².